The molecule has 0 aliphatic carbocycles. The molecule has 1 saturated heterocycles. The number of hydrogen-bond donors (Lipinski definition) is 1. The van der Waals surface area contributed by atoms with Crippen molar-refractivity contribution >= 4 is 12.1 Å². The average molecular weight is 322 g/mol. The van der Waals surface area contributed by atoms with Gasteiger partial charge in [-0.1, -0.05) is 6.07 Å². The Balaban J connectivity index is 1.99. The van der Waals surface area contributed by atoms with Gasteiger partial charge in [-0.25, -0.2) is 4.79 Å². The van der Waals surface area contributed by atoms with Gasteiger partial charge in [0.05, 0.1) is 24.5 Å². The minimum atomic E-state index is -1.21. The molecule has 1 aliphatic heterocycles. The zero-order valence-corrected chi connectivity index (χ0v) is 13.8. The predicted molar refractivity (Wildman–Crippen MR) is 81.4 cm³/mol. The maximum atomic E-state index is 11.9. The van der Waals surface area contributed by atoms with Gasteiger partial charge in [-0.2, -0.15) is 0 Å². The average Bonchev–Trinajstić information content (AvgIpc) is 2.40. The largest absolute Gasteiger partial charge is 0.459 e. The topological polar surface area (TPSA) is 89.0 Å². The van der Waals surface area contributed by atoms with Crippen LogP contribution < -0.4 is 0 Å². The van der Waals surface area contributed by atoms with Gasteiger partial charge in [0.2, 0.25) is 0 Å². The summed E-state index contributed by atoms with van der Waals surface area (Å²) in [4.78, 5) is 28.5. The van der Waals surface area contributed by atoms with Gasteiger partial charge < -0.3 is 19.5 Å². The van der Waals surface area contributed by atoms with E-state index in [0.717, 1.165) is 0 Å². The Morgan fingerprint density at radius 3 is 2.57 bits per heavy atom. The number of carbonyl (C=O) groups is 2. The van der Waals surface area contributed by atoms with Gasteiger partial charge in [0.25, 0.3) is 0 Å². The van der Waals surface area contributed by atoms with Crippen LogP contribution in [0.4, 0.5) is 4.79 Å². The van der Waals surface area contributed by atoms with Gasteiger partial charge in [0, 0.05) is 6.92 Å². The number of amides is 1. The Labute approximate surface area is 135 Å². The molecule has 1 aromatic heterocycles. The summed E-state index contributed by atoms with van der Waals surface area (Å²) in [6.45, 7) is 6.97. The Kier molecular flexibility index (Phi) is 4.61. The van der Waals surface area contributed by atoms with Crippen molar-refractivity contribution in [1.82, 2.24) is 9.88 Å². The summed E-state index contributed by atoms with van der Waals surface area (Å²) in [5, 5.41) is 10.6. The smallest absolute Gasteiger partial charge is 0.410 e. The molecule has 2 rings (SSSR count). The van der Waals surface area contributed by atoms with Crippen molar-refractivity contribution in [2.75, 3.05) is 13.1 Å². The fourth-order valence-corrected chi connectivity index (χ4v) is 2.20. The van der Waals surface area contributed by atoms with E-state index in [0.29, 0.717) is 11.4 Å². The number of rotatable bonds is 3. The standard InChI is InChI=1S/C16H22N2O5/c1-11(19)22-8-12-6-5-7-13(17-12)16(21)9-18(10-16)14(20)23-15(2,3)4/h5-7,21H,8-10H2,1-4H3. The van der Waals surface area contributed by atoms with Crippen LogP contribution in [0.25, 0.3) is 0 Å². The number of nitrogens with zero attached hydrogens (tertiary/aromatic N) is 2. The van der Waals surface area contributed by atoms with Gasteiger partial charge in [-0.05, 0) is 32.9 Å². The summed E-state index contributed by atoms with van der Waals surface area (Å²) < 4.78 is 10.2. The predicted octanol–water partition coefficient (Wildman–Crippen LogP) is 1.58. The van der Waals surface area contributed by atoms with Gasteiger partial charge in [0.1, 0.15) is 17.8 Å². The lowest BCUT2D eigenvalue weighted by Gasteiger charge is -2.45. The molecule has 2 heterocycles. The van der Waals surface area contributed by atoms with Crippen LogP contribution in [0.5, 0.6) is 0 Å². The molecule has 126 valence electrons. The number of hydrogen-bond acceptors (Lipinski definition) is 6. The van der Waals surface area contributed by atoms with Crippen molar-refractivity contribution in [1.29, 1.82) is 0 Å². The van der Waals surface area contributed by atoms with E-state index < -0.39 is 23.3 Å². The van der Waals surface area contributed by atoms with Gasteiger partial charge in [-0.3, -0.25) is 9.78 Å². The van der Waals surface area contributed by atoms with Gasteiger partial charge in [0.15, 0.2) is 0 Å². The second-order valence-corrected chi connectivity index (χ2v) is 6.66. The molecule has 1 fully saturated rings. The van der Waals surface area contributed by atoms with Crippen molar-refractivity contribution in [3.63, 3.8) is 0 Å². The number of carbonyl (C=O) groups excluding carboxylic acids is 2. The maximum absolute atomic E-state index is 11.9. The van der Waals surface area contributed by atoms with E-state index in [2.05, 4.69) is 4.98 Å². The summed E-state index contributed by atoms with van der Waals surface area (Å²) >= 11 is 0. The summed E-state index contributed by atoms with van der Waals surface area (Å²) in [6, 6.07) is 5.12. The molecule has 0 atom stereocenters. The van der Waals surface area contributed by atoms with Crippen molar-refractivity contribution in [2.24, 2.45) is 0 Å². The van der Waals surface area contributed by atoms with Crippen molar-refractivity contribution in [3.8, 4) is 0 Å². The molecule has 0 radical (unpaired) electrons. The van der Waals surface area contributed by atoms with E-state index in [1.54, 1.807) is 39.0 Å². The minimum absolute atomic E-state index is 0.0506. The van der Waals surface area contributed by atoms with Crippen LogP contribution in [-0.4, -0.2) is 45.7 Å². The summed E-state index contributed by atoms with van der Waals surface area (Å²) in [5.41, 5.74) is -0.792. The second-order valence-electron chi connectivity index (χ2n) is 6.66. The molecule has 23 heavy (non-hydrogen) atoms. The van der Waals surface area contributed by atoms with Crippen LogP contribution in [0, 0.1) is 0 Å². The molecular formula is C16H22N2O5. The van der Waals surface area contributed by atoms with E-state index in [1.807, 2.05) is 0 Å². The Bertz CT molecular complexity index is 603. The highest BCUT2D eigenvalue weighted by atomic mass is 16.6. The lowest BCUT2D eigenvalue weighted by atomic mass is 9.90. The second kappa shape index (κ2) is 6.16. The van der Waals surface area contributed by atoms with Crippen LogP contribution in [0.2, 0.25) is 0 Å². The highest BCUT2D eigenvalue weighted by Gasteiger charge is 2.47. The number of ether oxygens (including phenoxy) is 2. The molecule has 0 unspecified atom stereocenters. The lowest BCUT2D eigenvalue weighted by Crippen LogP contribution is -2.62. The number of pyridine rings is 1. The minimum Gasteiger partial charge on any atom is -0.459 e. The monoisotopic (exact) mass is 322 g/mol. The Hall–Kier alpha value is -2.15. The van der Waals surface area contributed by atoms with E-state index in [9.17, 15) is 14.7 Å². The highest BCUT2D eigenvalue weighted by Crippen LogP contribution is 2.31. The van der Waals surface area contributed by atoms with E-state index in [1.165, 1.54) is 11.8 Å². The molecular weight excluding hydrogens is 300 g/mol. The van der Waals surface area contributed by atoms with Crippen molar-refractivity contribution in [2.45, 2.75) is 45.5 Å². The summed E-state index contributed by atoms with van der Waals surface area (Å²) in [7, 11) is 0. The van der Waals surface area contributed by atoms with E-state index >= 15 is 0 Å². The molecule has 1 aromatic rings. The third kappa shape index (κ3) is 4.41. The molecule has 0 saturated carbocycles. The van der Waals surface area contributed by atoms with Crippen molar-refractivity contribution < 1.29 is 24.2 Å². The van der Waals surface area contributed by atoms with Gasteiger partial charge >= 0.3 is 12.1 Å². The van der Waals surface area contributed by atoms with Crippen molar-refractivity contribution in [3.05, 3.63) is 29.6 Å². The van der Waals surface area contributed by atoms with Crippen LogP contribution in [0.3, 0.4) is 0 Å². The SMILES string of the molecule is CC(=O)OCc1cccc(C2(O)CN(C(=O)OC(C)(C)C)C2)n1. The molecule has 0 bridgehead atoms. The third-order valence-electron chi connectivity index (χ3n) is 3.26. The van der Waals surface area contributed by atoms with Crippen LogP contribution in [-0.2, 0) is 26.5 Å². The first-order valence-electron chi connectivity index (χ1n) is 7.39. The quantitative estimate of drug-likeness (QED) is 0.850. The highest BCUT2D eigenvalue weighted by molar-refractivity contribution is 5.69. The molecule has 7 heteroatoms. The first-order chi connectivity index (χ1) is 10.6. The van der Waals surface area contributed by atoms with E-state index in [-0.39, 0.29) is 19.7 Å². The maximum Gasteiger partial charge on any atom is 0.410 e. The van der Waals surface area contributed by atoms with E-state index in [4.69, 9.17) is 9.47 Å². The zero-order chi connectivity index (χ0) is 17.3. The molecule has 0 spiro atoms. The molecule has 0 aromatic carbocycles. The Morgan fingerprint density at radius 1 is 1.35 bits per heavy atom. The summed E-state index contributed by atoms with van der Waals surface area (Å²) in [6.07, 6.45) is -0.460. The fraction of sp³-hybridized carbons (Fsp3) is 0.562. The normalized spacial score (nSPS) is 16.5. The molecule has 1 aliphatic rings. The Morgan fingerprint density at radius 2 is 2.00 bits per heavy atom. The number of aliphatic hydroxyl groups is 1. The number of aromatic nitrogens is 1. The summed E-state index contributed by atoms with van der Waals surface area (Å²) in [5.74, 6) is -0.393. The van der Waals surface area contributed by atoms with Crippen LogP contribution >= 0.6 is 0 Å². The zero-order valence-electron chi connectivity index (χ0n) is 13.8. The fourth-order valence-electron chi connectivity index (χ4n) is 2.20. The third-order valence-corrected chi connectivity index (χ3v) is 3.26. The number of likely N-dealkylation sites (tertiary alicyclic amines) is 1. The first-order valence-corrected chi connectivity index (χ1v) is 7.39. The van der Waals surface area contributed by atoms with Crippen LogP contribution in [0.1, 0.15) is 39.1 Å². The molecule has 7 nitrogen and oxygen atoms in total. The number of esters is 1. The lowest BCUT2D eigenvalue weighted by molar-refractivity contribution is -0.142. The van der Waals surface area contributed by atoms with Crippen LogP contribution in [0.15, 0.2) is 18.2 Å². The first kappa shape index (κ1) is 17.2. The molecule has 1 N–H and O–H groups in total. The molecule has 1 amide bonds. The van der Waals surface area contributed by atoms with Gasteiger partial charge in [-0.15, -0.1) is 0 Å². The number of β-amino-alcohol motifs (C(OH)–C–C–N with tert-alkyl or cyclic N) is 1.